The number of benzene rings is 2. The van der Waals surface area contributed by atoms with E-state index in [-0.39, 0.29) is 50.1 Å². The number of ketones is 1. The average molecular weight is 384 g/mol. The highest BCUT2D eigenvalue weighted by Crippen LogP contribution is 2.35. The molecular formula is C20H20N2O4S. The van der Waals surface area contributed by atoms with E-state index in [0.717, 1.165) is 19.3 Å². The molecule has 0 spiro atoms. The first kappa shape index (κ1) is 17.9. The molecule has 0 radical (unpaired) electrons. The van der Waals surface area contributed by atoms with Gasteiger partial charge in [-0.3, -0.25) is 9.59 Å². The molecule has 1 amide bonds. The molecule has 2 atom stereocenters. The highest BCUT2D eigenvalue weighted by molar-refractivity contribution is 7.91. The zero-order valence-corrected chi connectivity index (χ0v) is 15.5. The van der Waals surface area contributed by atoms with Crippen LogP contribution in [0.15, 0.2) is 52.3 Å². The van der Waals surface area contributed by atoms with Crippen molar-refractivity contribution in [2.45, 2.75) is 35.1 Å². The molecule has 7 heteroatoms. The topological polar surface area (TPSA) is 106 Å². The molecule has 4 rings (SSSR count). The Labute approximate surface area is 157 Å². The van der Waals surface area contributed by atoms with Crippen LogP contribution in [0.2, 0.25) is 0 Å². The Kier molecular flexibility index (Phi) is 4.36. The first-order valence-electron chi connectivity index (χ1n) is 8.97. The Morgan fingerprint density at radius 3 is 2.59 bits per heavy atom. The zero-order valence-electron chi connectivity index (χ0n) is 14.6. The lowest BCUT2D eigenvalue weighted by atomic mass is 10.00. The number of hydrogen-bond acceptors (Lipinski definition) is 5. The lowest BCUT2D eigenvalue weighted by molar-refractivity contribution is 0.0927. The third-order valence-electron chi connectivity index (χ3n) is 5.48. The molecule has 0 bridgehead atoms. The van der Waals surface area contributed by atoms with Gasteiger partial charge in [-0.2, -0.15) is 0 Å². The van der Waals surface area contributed by atoms with Crippen LogP contribution in [-0.2, 0) is 9.84 Å². The van der Waals surface area contributed by atoms with Crippen LogP contribution < -0.4 is 11.1 Å². The van der Waals surface area contributed by atoms with E-state index in [1.54, 1.807) is 12.1 Å². The van der Waals surface area contributed by atoms with E-state index in [9.17, 15) is 18.0 Å². The predicted octanol–water partition coefficient (Wildman–Crippen LogP) is 1.92. The van der Waals surface area contributed by atoms with Crippen molar-refractivity contribution in [1.82, 2.24) is 5.32 Å². The molecule has 1 aliphatic heterocycles. The predicted molar refractivity (Wildman–Crippen MR) is 99.4 cm³/mol. The van der Waals surface area contributed by atoms with E-state index in [1.807, 2.05) is 0 Å². The molecule has 2 unspecified atom stereocenters. The number of nitrogens with two attached hydrogens (primary N) is 1. The van der Waals surface area contributed by atoms with Crippen LogP contribution in [-0.4, -0.2) is 32.7 Å². The Bertz CT molecular complexity index is 1050. The van der Waals surface area contributed by atoms with Gasteiger partial charge in [0.05, 0.1) is 9.79 Å². The van der Waals surface area contributed by atoms with Crippen LogP contribution in [0.3, 0.4) is 0 Å². The van der Waals surface area contributed by atoms with Gasteiger partial charge >= 0.3 is 0 Å². The summed E-state index contributed by atoms with van der Waals surface area (Å²) < 4.78 is 25.9. The summed E-state index contributed by atoms with van der Waals surface area (Å²) in [4.78, 5) is 25.2. The van der Waals surface area contributed by atoms with Crippen molar-refractivity contribution in [2.75, 3.05) is 6.54 Å². The average Bonchev–Trinajstić information content (AvgIpc) is 3.13. The molecular weight excluding hydrogens is 364 g/mol. The second-order valence-electron chi connectivity index (χ2n) is 7.05. The number of sulfone groups is 1. The second kappa shape index (κ2) is 6.58. The molecule has 2 aromatic rings. The van der Waals surface area contributed by atoms with Crippen LogP contribution in [0, 0.1) is 5.92 Å². The van der Waals surface area contributed by atoms with Gasteiger partial charge in [-0.05, 0) is 55.6 Å². The number of carbonyl (C=O) groups is 2. The van der Waals surface area contributed by atoms with Crippen LogP contribution >= 0.6 is 0 Å². The molecule has 1 fully saturated rings. The summed E-state index contributed by atoms with van der Waals surface area (Å²) in [6, 6.07) is 10.4. The number of amides is 1. The summed E-state index contributed by atoms with van der Waals surface area (Å²) in [6.45, 7) is 0.509. The van der Waals surface area contributed by atoms with E-state index < -0.39 is 9.84 Å². The van der Waals surface area contributed by atoms with Gasteiger partial charge in [0.1, 0.15) is 0 Å². The summed E-state index contributed by atoms with van der Waals surface area (Å²) in [5, 5.41) is 2.96. The smallest absolute Gasteiger partial charge is 0.251 e. The Morgan fingerprint density at radius 2 is 1.81 bits per heavy atom. The van der Waals surface area contributed by atoms with E-state index in [4.69, 9.17) is 5.73 Å². The van der Waals surface area contributed by atoms with Crippen LogP contribution in [0.5, 0.6) is 0 Å². The van der Waals surface area contributed by atoms with Crippen LogP contribution in [0.1, 0.15) is 45.5 Å². The van der Waals surface area contributed by atoms with Gasteiger partial charge in [0.2, 0.25) is 9.84 Å². The molecule has 0 saturated heterocycles. The minimum Gasteiger partial charge on any atom is -0.349 e. The summed E-state index contributed by atoms with van der Waals surface area (Å²) >= 11 is 0. The normalized spacial score (nSPS) is 22.8. The molecule has 1 heterocycles. The van der Waals surface area contributed by atoms with Crippen molar-refractivity contribution in [2.24, 2.45) is 11.7 Å². The molecule has 1 saturated carbocycles. The van der Waals surface area contributed by atoms with Gasteiger partial charge < -0.3 is 11.1 Å². The minimum atomic E-state index is -3.85. The van der Waals surface area contributed by atoms with Gasteiger partial charge in [0, 0.05) is 22.7 Å². The summed E-state index contributed by atoms with van der Waals surface area (Å²) in [6.07, 6.45) is 2.85. The number of rotatable bonds is 3. The van der Waals surface area contributed by atoms with Crippen LogP contribution in [0.25, 0.3) is 0 Å². The minimum absolute atomic E-state index is 0.00232. The fraction of sp³-hybridized carbons (Fsp3) is 0.300. The molecule has 2 aliphatic rings. The third kappa shape index (κ3) is 2.87. The van der Waals surface area contributed by atoms with Crippen molar-refractivity contribution in [1.29, 1.82) is 0 Å². The highest BCUT2D eigenvalue weighted by Gasteiger charge is 2.35. The monoisotopic (exact) mass is 384 g/mol. The van der Waals surface area contributed by atoms with E-state index >= 15 is 0 Å². The molecule has 1 aliphatic carbocycles. The quantitative estimate of drug-likeness (QED) is 0.718. The van der Waals surface area contributed by atoms with Gasteiger partial charge in [-0.25, -0.2) is 8.42 Å². The molecule has 0 aromatic heterocycles. The zero-order chi connectivity index (χ0) is 19.2. The number of nitrogens with one attached hydrogen (secondary N) is 1. The Balaban J connectivity index is 1.71. The first-order valence-corrected chi connectivity index (χ1v) is 10.5. The Hall–Kier alpha value is -2.51. The summed E-state index contributed by atoms with van der Waals surface area (Å²) in [7, 11) is -3.85. The van der Waals surface area contributed by atoms with Crippen molar-refractivity contribution >= 4 is 21.5 Å². The Morgan fingerprint density at radius 1 is 1.07 bits per heavy atom. The number of carbonyl (C=O) groups excluding carboxylic acids is 2. The maximum absolute atomic E-state index is 13.0. The summed E-state index contributed by atoms with van der Waals surface area (Å²) in [5.74, 6) is -0.449. The number of hydrogen-bond donors (Lipinski definition) is 2. The van der Waals surface area contributed by atoms with Crippen molar-refractivity contribution < 1.29 is 18.0 Å². The maximum atomic E-state index is 13.0. The maximum Gasteiger partial charge on any atom is 0.251 e. The molecule has 2 aromatic carbocycles. The van der Waals surface area contributed by atoms with Crippen molar-refractivity contribution in [3.05, 3.63) is 59.2 Å². The molecule has 140 valence electrons. The lowest BCUT2D eigenvalue weighted by Gasteiger charge is -2.21. The summed E-state index contributed by atoms with van der Waals surface area (Å²) in [5.41, 5.74) is 6.25. The number of fused-ring (bicyclic) bond motifs is 2. The fourth-order valence-corrected chi connectivity index (χ4v) is 5.66. The lowest BCUT2D eigenvalue weighted by Crippen LogP contribution is -2.40. The van der Waals surface area contributed by atoms with Gasteiger partial charge in [-0.15, -0.1) is 0 Å². The molecule has 3 N–H and O–H groups in total. The first-order chi connectivity index (χ1) is 12.9. The highest BCUT2D eigenvalue weighted by atomic mass is 32.2. The molecule has 27 heavy (non-hydrogen) atoms. The third-order valence-corrected chi connectivity index (χ3v) is 7.33. The second-order valence-corrected chi connectivity index (χ2v) is 8.93. The van der Waals surface area contributed by atoms with Gasteiger partial charge in [0.25, 0.3) is 5.91 Å². The van der Waals surface area contributed by atoms with Crippen molar-refractivity contribution in [3.63, 3.8) is 0 Å². The van der Waals surface area contributed by atoms with Gasteiger partial charge in [0.15, 0.2) is 5.78 Å². The van der Waals surface area contributed by atoms with E-state index in [1.165, 1.54) is 30.3 Å². The van der Waals surface area contributed by atoms with Crippen molar-refractivity contribution in [3.8, 4) is 0 Å². The van der Waals surface area contributed by atoms with E-state index in [0.29, 0.717) is 6.54 Å². The standard InChI is InChI=1S/C20H20N2O4S/c21-11-13-4-3-6-16(13)22-20(24)12-8-9-15-18(10-12)27(25,26)17-7-2-1-5-14(17)19(15)23/h1-2,5,7-10,13,16H,3-4,6,11,21H2,(H,22,24). The largest absolute Gasteiger partial charge is 0.349 e. The van der Waals surface area contributed by atoms with E-state index in [2.05, 4.69) is 5.32 Å². The molecule has 6 nitrogen and oxygen atoms in total. The SMILES string of the molecule is NCC1CCCC1NC(=O)c1ccc2c(c1)S(=O)(=O)c1ccccc1C2=O. The fourth-order valence-electron chi connectivity index (χ4n) is 3.99. The van der Waals surface area contributed by atoms with Crippen LogP contribution in [0.4, 0.5) is 0 Å². The van der Waals surface area contributed by atoms with Gasteiger partial charge in [-0.1, -0.05) is 18.6 Å².